The van der Waals surface area contributed by atoms with Crippen molar-refractivity contribution in [2.45, 2.75) is 33.1 Å². The predicted octanol–water partition coefficient (Wildman–Crippen LogP) is 3.42. The van der Waals surface area contributed by atoms with E-state index in [1.165, 1.54) is 0 Å². The van der Waals surface area contributed by atoms with Crippen LogP contribution in [0.3, 0.4) is 0 Å². The monoisotopic (exact) mass is 328 g/mol. The van der Waals surface area contributed by atoms with Crippen LogP contribution >= 0.6 is 11.3 Å². The molecule has 2 heterocycles. The first-order chi connectivity index (χ1) is 11.0. The van der Waals surface area contributed by atoms with Gasteiger partial charge < -0.3 is 10.3 Å². The Morgan fingerprint density at radius 2 is 2.17 bits per heavy atom. The summed E-state index contributed by atoms with van der Waals surface area (Å²) in [5.41, 5.74) is 3.44. The first-order valence-electron chi connectivity index (χ1n) is 7.72. The largest absolute Gasteiger partial charge is 0.352 e. The summed E-state index contributed by atoms with van der Waals surface area (Å²) < 4.78 is 0. The van der Waals surface area contributed by atoms with Gasteiger partial charge in [-0.2, -0.15) is 0 Å². The molecule has 0 aliphatic rings. The lowest BCUT2D eigenvalue weighted by Gasteiger charge is -2.04. The fourth-order valence-electron chi connectivity index (χ4n) is 2.39. The molecule has 0 radical (unpaired) electrons. The van der Waals surface area contributed by atoms with E-state index in [2.05, 4.69) is 39.5 Å². The van der Waals surface area contributed by atoms with E-state index >= 15 is 0 Å². The van der Waals surface area contributed by atoms with Crippen LogP contribution in [-0.2, 0) is 6.42 Å². The number of amides is 1. The Kier molecular flexibility index (Phi) is 4.43. The van der Waals surface area contributed by atoms with E-state index in [9.17, 15) is 4.79 Å². The van der Waals surface area contributed by atoms with Crippen LogP contribution in [0.4, 0.5) is 0 Å². The summed E-state index contributed by atoms with van der Waals surface area (Å²) in [6.45, 7) is 6.76. The molecule has 0 atom stereocenters. The fraction of sp³-hybridized carbons (Fsp3) is 0.353. The molecule has 120 valence electrons. The average molecular weight is 328 g/mol. The summed E-state index contributed by atoms with van der Waals surface area (Å²) in [6.07, 6.45) is 0.750. The van der Waals surface area contributed by atoms with Crippen molar-refractivity contribution in [3.8, 4) is 0 Å². The number of nitrogens with one attached hydrogen (secondary N) is 2. The van der Waals surface area contributed by atoms with Gasteiger partial charge in [0, 0.05) is 29.8 Å². The highest BCUT2D eigenvalue weighted by Crippen LogP contribution is 2.19. The first-order valence-corrected chi connectivity index (χ1v) is 8.60. The van der Waals surface area contributed by atoms with Crippen LogP contribution < -0.4 is 5.32 Å². The number of benzene rings is 1. The number of nitrogens with zero attached hydrogens (tertiary/aromatic N) is 2. The standard InChI is InChI=1S/C17H20N4OS/c1-10(2)17-21-13(9-23-17)6-7-18-16(22)12-4-5-14-15(8-12)20-11(3)19-14/h4-5,8-10H,6-7H2,1-3H3,(H,18,22)(H,19,20). The molecule has 0 aliphatic heterocycles. The zero-order chi connectivity index (χ0) is 16.4. The van der Waals surface area contributed by atoms with Crippen LogP contribution in [-0.4, -0.2) is 27.4 Å². The number of rotatable bonds is 5. The van der Waals surface area contributed by atoms with Gasteiger partial charge in [0.1, 0.15) is 5.82 Å². The summed E-state index contributed by atoms with van der Waals surface area (Å²) in [6, 6.07) is 5.51. The lowest BCUT2D eigenvalue weighted by Crippen LogP contribution is -2.25. The Balaban J connectivity index is 1.59. The number of thiazole rings is 1. The minimum absolute atomic E-state index is 0.0709. The van der Waals surface area contributed by atoms with Crippen molar-refractivity contribution in [2.75, 3.05) is 6.54 Å². The minimum atomic E-state index is -0.0709. The number of fused-ring (bicyclic) bond motifs is 1. The van der Waals surface area contributed by atoms with Gasteiger partial charge in [0.05, 0.1) is 21.7 Å². The van der Waals surface area contributed by atoms with Crippen LogP contribution in [0.5, 0.6) is 0 Å². The highest BCUT2D eigenvalue weighted by atomic mass is 32.1. The SMILES string of the molecule is Cc1nc2ccc(C(=O)NCCc3csc(C(C)C)n3)cc2[nH]1. The van der Waals surface area contributed by atoms with Crippen molar-refractivity contribution in [3.63, 3.8) is 0 Å². The maximum absolute atomic E-state index is 12.2. The zero-order valence-electron chi connectivity index (χ0n) is 13.5. The van der Waals surface area contributed by atoms with E-state index in [1.807, 2.05) is 19.1 Å². The Morgan fingerprint density at radius 3 is 2.91 bits per heavy atom. The number of aryl methyl sites for hydroxylation is 1. The minimum Gasteiger partial charge on any atom is -0.352 e. The normalized spacial score (nSPS) is 11.3. The molecule has 0 aliphatic carbocycles. The topological polar surface area (TPSA) is 70.7 Å². The number of hydrogen-bond acceptors (Lipinski definition) is 4. The molecule has 3 aromatic rings. The van der Waals surface area contributed by atoms with Crippen molar-refractivity contribution in [1.82, 2.24) is 20.3 Å². The smallest absolute Gasteiger partial charge is 0.251 e. The third kappa shape index (κ3) is 3.59. The number of H-pyrrole nitrogens is 1. The van der Waals surface area contributed by atoms with Crippen LogP contribution in [0.2, 0.25) is 0 Å². The van der Waals surface area contributed by atoms with Crippen LogP contribution in [0, 0.1) is 6.92 Å². The van der Waals surface area contributed by atoms with Crippen molar-refractivity contribution >= 4 is 28.3 Å². The Bertz CT molecular complexity index is 834. The number of aromatic amines is 1. The van der Waals surface area contributed by atoms with Gasteiger partial charge in [0.15, 0.2) is 0 Å². The lowest BCUT2D eigenvalue weighted by atomic mass is 10.2. The van der Waals surface area contributed by atoms with E-state index in [1.54, 1.807) is 17.4 Å². The van der Waals surface area contributed by atoms with Crippen LogP contribution in [0.1, 0.15) is 46.6 Å². The Morgan fingerprint density at radius 1 is 1.35 bits per heavy atom. The first kappa shape index (κ1) is 15.7. The summed E-state index contributed by atoms with van der Waals surface area (Å²) >= 11 is 1.68. The van der Waals surface area contributed by atoms with Gasteiger partial charge in [0.2, 0.25) is 0 Å². The highest BCUT2D eigenvalue weighted by Gasteiger charge is 2.09. The number of carbonyl (C=O) groups is 1. The number of imidazole rings is 1. The number of hydrogen-bond donors (Lipinski definition) is 2. The second-order valence-electron chi connectivity index (χ2n) is 5.89. The lowest BCUT2D eigenvalue weighted by molar-refractivity contribution is 0.0954. The van der Waals surface area contributed by atoms with Gasteiger partial charge in [-0.15, -0.1) is 11.3 Å². The highest BCUT2D eigenvalue weighted by molar-refractivity contribution is 7.09. The van der Waals surface area contributed by atoms with Gasteiger partial charge in [-0.1, -0.05) is 13.8 Å². The van der Waals surface area contributed by atoms with Gasteiger partial charge in [-0.3, -0.25) is 4.79 Å². The van der Waals surface area contributed by atoms with Crippen LogP contribution in [0.15, 0.2) is 23.6 Å². The van der Waals surface area contributed by atoms with Crippen molar-refractivity contribution in [3.05, 3.63) is 45.7 Å². The summed E-state index contributed by atoms with van der Waals surface area (Å²) in [7, 11) is 0. The molecule has 2 N–H and O–H groups in total. The molecule has 0 saturated carbocycles. The third-order valence-corrected chi connectivity index (χ3v) is 4.79. The van der Waals surface area contributed by atoms with Gasteiger partial charge in [-0.05, 0) is 25.1 Å². The Labute approximate surface area is 139 Å². The molecule has 5 nitrogen and oxygen atoms in total. The van der Waals surface area contributed by atoms with E-state index in [0.717, 1.165) is 34.0 Å². The van der Waals surface area contributed by atoms with Gasteiger partial charge >= 0.3 is 0 Å². The maximum atomic E-state index is 12.2. The fourth-order valence-corrected chi connectivity index (χ4v) is 3.26. The molecule has 3 rings (SSSR count). The number of carbonyl (C=O) groups excluding carboxylic acids is 1. The molecule has 23 heavy (non-hydrogen) atoms. The molecule has 0 unspecified atom stereocenters. The molecule has 0 bridgehead atoms. The van der Waals surface area contributed by atoms with Crippen molar-refractivity contribution in [1.29, 1.82) is 0 Å². The van der Waals surface area contributed by atoms with Crippen LogP contribution in [0.25, 0.3) is 11.0 Å². The molecule has 6 heteroatoms. The van der Waals surface area contributed by atoms with E-state index in [0.29, 0.717) is 18.0 Å². The summed E-state index contributed by atoms with van der Waals surface area (Å²) in [4.78, 5) is 24.3. The molecule has 1 aromatic carbocycles. The van der Waals surface area contributed by atoms with E-state index < -0.39 is 0 Å². The quantitative estimate of drug-likeness (QED) is 0.754. The summed E-state index contributed by atoms with van der Waals surface area (Å²) in [5.74, 6) is 1.23. The third-order valence-electron chi connectivity index (χ3n) is 3.59. The molecular weight excluding hydrogens is 308 g/mol. The number of aromatic nitrogens is 3. The van der Waals surface area contributed by atoms with Crippen molar-refractivity contribution in [2.24, 2.45) is 0 Å². The summed E-state index contributed by atoms with van der Waals surface area (Å²) in [5, 5.41) is 6.16. The Hall–Kier alpha value is -2.21. The molecular formula is C17H20N4OS. The van der Waals surface area contributed by atoms with Crippen molar-refractivity contribution < 1.29 is 4.79 Å². The second kappa shape index (κ2) is 6.50. The van der Waals surface area contributed by atoms with E-state index in [-0.39, 0.29) is 5.91 Å². The zero-order valence-corrected chi connectivity index (χ0v) is 14.3. The average Bonchev–Trinajstić information content (AvgIpc) is 3.11. The maximum Gasteiger partial charge on any atom is 0.251 e. The second-order valence-corrected chi connectivity index (χ2v) is 6.78. The predicted molar refractivity (Wildman–Crippen MR) is 93.1 cm³/mol. The molecule has 0 saturated heterocycles. The molecule has 2 aromatic heterocycles. The molecule has 0 fully saturated rings. The van der Waals surface area contributed by atoms with E-state index in [4.69, 9.17) is 0 Å². The molecule has 0 spiro atoms. The molecule has 1 amide bonds. The van der Waals surface area contributed by atoms with Gasteiger partial charge in [-0.25, -0.2) is 9.97 Å². The van der Waals surface area contributed by atoms with Gasteiger partial charge in [0.25, 0.3) is 5.91 Å².